The highest BCUT2D eigenvalue weighted by atomic mass is 16.6. The number of carbonyl (C=O) groups is 2. The molecule has 0 radical (unpaired) electrons. The number of unbranched alkanes of at least 4 members (excludes halogenated alkanes) is 3. The van der Waals surface area contributed by atoms with Gasteiger partial charge in [-0.15, -0.1) is 0 Å². The predicted molar refractivity (Wildman–Crippen MR) is 137 cm³/mol. The maximum absolute atomic E-state index is 12.3. The molecule has 1 amide bonds. The molecule has 0 saturated carbocycles. The fourth-order valence-electron chi connectivity index (χ4n) is 3.83. The largest absolute Gasteiger partial charge is 0.462 e. The molecule has 2 heterocycles. The van der Waals surface area contributed by atoms with Crippen molar-refractivity contribution in [3.05, 3.63) is 23.5 Å². The van der Waals surface area contributed by atoms with Crippen molar-refractivity contribution < 1.29 is 34.0 Å². The average molecular weight is 524 g/mol. The maximum Gasteiger partial charge on any atom is 0.412 e. The Morgan fingerprint density at radius 2 is 2.00 bits per heavy atom. The van der Waals surface area contributed by atoms with Crippen molar-refractivity contribution in [1.82, 2.24) is 10.3 Å². The molecular formula is C25H41N5O7. The van der Waals surface area contributed by atoms with Crippen LogP contribution in [-0.2, 0) is 24.6 Å². The Kier molecular flexibility index (Phi) is 10.8. The normalized spacial score (nSPS) is 25.0. The molecule has 0 aliphatic carbocycles. The highest BCUT2D eigenvalue weighted by molar-refractivity contribution is 6.07. The van der Waals surface area contributed by atoms with Crippen molar-refractivity contribution in [2.45, 2.75) is 90.3 Å². The van der Waals surface area contributed by atoms with Crippen molar-refractivity contribution >= 4 is 24.2 Å². The Bertz CT molecular complexity index is 957. The van der Waals surface area contributed by atoms with Crippen molar-refractivity contribution in [2.75, 3.05) is 13.2 Å². The third-order valence-corrected chi connectivity index (χ3v) is 6.36. The van der Waals surface area contributed by atoms with Crippen LogP contribution in [0.1, 0.15) is 71.7 Å². The molecule has 0 spiro atoms. The van der Waals surface area contributed by atoms with Crippen LogP contribution in [0.3, 0.4) is 0 Å². The van der Waals surface area contributed by atoms with Gasteiger partial charge in [0.2, 0.25) is 0 Å². The highest BCUT2D eigenvalue weighted by Crippen LogP contribution is 2.39. The zero-order valence-electron chi connectivity index (χ0n) is 22.2. The van der Waals surface area contributed by atoms with Crippen LogP contribution in [-0.4, -0.2) is 77.0 Å². The lowest BCUT2D eigenvalue weighted by Gasteiger charge is -2.27. The number of nitrogens with one attached hydrogen (secondary N) is 3. The number of hydrogen-bond donors (Lipinski definition) is 6. The summed E-state index contributed by atoms with van der Waals surface area (Å²) < 4.78 is 16.4. The number of aliphatic imine (C=N–C) groups is 1. The molecule has 1 aromatic heterocycles. The molecule has 0 bridgehead atoms. The number of amidine groups is 1. The van der Waals surface area contributed by atoms with Gasteiger partial charge >= 0.3 is 12.1 Å². The first-order valence-corrected chi connectivity index (χ1v) is 12.5. The molecule has 2 rings (SSSR count). The summed E-state index contributed by atoms with van der Waals surface area (Å²) in [7, 11) is 0. The Labute approximate surface area is 217 Å². The van der Waals surface area contributed by atoms with E-state index in [-0.39, 0.29) is 19.0 Å². The van der Waals surface area contributed by atoms with Crippen LogP contribution in [0.15, 0.2) is 17.1 Å². The summed E-state index contributed by atoms with van der Waals surface area (Å²) in [6.45, 7) is 9.06. The predicted octanol–water partition coefficient (Wildman–Crippen LogP) is 1.93. The second kappa shape index (κ2) is 13.1. The van der Waals surface area contributed by atoms with Crippen LogP contribution in [0.25, 0.3) is 0 Å². The quantitative estimate of drug-likeness (QED) is 0.110. The maximum atomic E-state index is 12.3. The number of nitrogens with two attached hydrogens (primary N) is 1. The summed E-state index contributed by atoms with van der Waals surface area (Å²) in [6.07, 6.45) is 0.210. The van der Waals surface area contributed by atoms with Crippen LogP contribution in [0.5, 0.6) is 0 Å². The zero-order chi connectivity index (χ0) is 27.8. The van der Waals surface area contributed by atoms with E-state index in [9.17, 15) is 19.8 Å². The number of aromatic amines is 1. The van der Waals surface area contributed by atoms with E-state index in [1.54, 1.807) is 19.1 Å². The third-order valence-electron chi connectivity index (χ3n) is 6.36. The number of amides is 1. The minimum Gasteiger partial charge on any atom is -0.462 e. The van der Waals surface area contributed by atoms with Crippen molar-refractivity contribution in [2.24, 2.45) is 16.1 Å². The summed E-state index contributed by atoms with van der Waals surface area (Å²) >= 11 is 0. The van der Waals surface area contributed by atoms with Gasteiger partial charge in [0.05, 0.1) is 18.0 Å². The van der Waals surface area contributed by atoms with E-state index in [4.69, 9.17) is 25.4 Å². The minimum atomic E-state index is -1.39. The van der Waals surface area contributed by atoms with E-state index >= 15 is 0 Å². The number of alkyl carbamates (subject to hydrolysis) is 1. The first-order chi connectivity index (χ1) is 17.3. The molecule has 1 aliphatic heterocycles. The van der Waals surface area contributed by atoms with Crippen LogP contribution in [0.2, 0.25) is 0 Å². The summed E-state index contributed by atoms with van der Waals surface area (Å²) in [5.41, 5.74) is 4.73. The van der Waals surface area contributed by atoms with Crippen LogP contribution < -0.4 is 11.1 Å². The molecule has 1 saturated heterocycles. The third kappa shape index (κ3) is 7.84. The average Bonchev–Trinajstić information content (AvgIpc) is 3.42. The van der Waals surface area contributed by atoms with Crippen molar-refractivity contribution in [1.29, 1.82) is 5.41 Å². The Morgan fingerprint density at radius 3 is 2.62 bits per heavy atom. The summed E-state index contributed by atoms with van der Waals surface area (Å²) in [5.74, 6) is -0.595. The molecule has 12 heteroatoms. The number of nitrogens with zero attached hydrogens (tertiary/aromatic N) is 1. The molecule has 37 heavy (non-hydrogen) atoms. The lowest BCUT2D eigenvalue weighted by atomic mass is 9.87. The van der Waals surface area contributed by atoms with Gasteiger partial charge in [-0.25, -0.2) is 9.79 Å². The summed E-state index contributed by atoms with van der Waals surface area (Å²) in [4.78, 5) is 31.4. The lowest BCUT2D eigenvalue weighted by Crippen LogP contribution is -2.44. The van der Waals surface area contributed by atoms with E-state index in [0.717, 1.165) is 32.0 Å². The molecule has 5 atom stereocenters. The number of rotatable bonds is 11. The monoisotopic (exact) mass is 523 g/mol. The number of H-pyrrole nitrogens is 1. The van der Waals surface area contributed by atoms with Crippen molar-refractivity contribution in [3.8, 4) is 0 Å². The molecule has 0 aromatic carbocycles. The first-order valence-electron chi connectivity index (χ1n) is 12.5. The number of esters is 1. The van der Waals surface area contributed by atoms with E-state index in [1.807, 2.05) is 20.8 Å². The summed E-state index contributed by atoms with van der Waals surface area (Å²) in [5, 5.41) is 31.2. The highest BCUT2D eigenvalue weighted by Gasteiger charge is 2.53. The second-order valence-corrected chi connectivity index (χ2v) is 10.4. The lowest BCUT2D eigenvalue weighted by molar-refractivity contribution is -0.155. The van der Waals surface area contributed by atoms with E-state index in [0.29, 0.717) is 11.4 Å². The number of ether oxygens (including phenoxy) is 3. The van der Waals surface area contributed by atoms with Crippen LogP contribution in [0.4, 0.5) is 4.79 Å². The number of aliphatic hydroxyl groups is 2. The Hall–Kier alpha value is -2.80. The van der Waals surface area contributed by atoms with Crippen LogP contribution in [0, 0.1) is 10.8 Å². The molecule has 12 nitrogen and oxygen atoms in total. The zero-order valence-corrected chi connectivity index (χ0v) is 22.2. The van der Waals surface area contributed by atoms with E-state index in [1.165, 1.54) is 0 Å². The number of hydrogen-bond acceptors (Lipinski definition) is 9. The van der Waals surface area contributed by atoms with Gasteiger partial charge in [-0.3, -0.25) is 15.5 Å². The topological polar surface area (TPSA) is 192 Å². The minimum absolute atomic E-state index is 0.0399. The molecular weight excluding hydrogens is 482 g/mol. The Balaban J connectivity index is 2.07. The van der Waals surface area contributed by atoms with Gasteiger partial charge in [0.25, 0.3) is 0 Å². The molecule has 1 fully saturated rings. The molecule has 208 valence electrons. The van der Waals surface area contributed by atoms with Crippen molar-refractivity contribution in [3.63, 3.8) is 0 Å². The van der Waals surface area contributed by atoms with Gasteiger partial charge in [-0.05, 0) is 30.9 Å². The molecule has 7 N–H and O–H groups in total. The molecule has 1 aromatic rings. The smallest absolute Gasteiger partial charge is 0.412 e. The van der Waals surface area contributed by atoms with Gasteiger partial charge < -0.3 is 35.1 Å². The van der Waals surface area contributed by atoms with E-state index < -0.39 is 47.4 Å². The first kappa shape index (κ1) is 30.4. The van der Waals surface area contributed by atoms with Crippen LogP contribution >= 0.6 is 0 Å². The number of aromatic nitrogens is 1. The number of carbonyl (C=O) groups excluding carboxylic acids is 2. The molecule has 0 unspecified atom stereocenters. The fourth-order valence-corrected chi connectivity index (χ4v) is 3.83. The van der Waals surface area contributed by atoms with Gasteiger partial charge in [0.1, 0.15) is 42.9 Å². The van der Waals surface area contributed by atoms with Gasteiger partial charge in [-0.2, -0.15) is 0 Å². The Morgan fingerprint density at radius 1 is 1.30 bits per heavy atom. The van der Waals surface area contributed by atoms with E-state index in [2.05, 4.69) is 22.2 Å². The van der Waals surface area contributed by atoms with Gasteiger partial charge in [0.15, 0.2) is 5.84 Å². The SMILES string of the molecule is CCCCCCOC(=O)N/C(=N/C=N)c1ccc([C@]2(C)O[C@H](COC(=O)[C@@H](N)C(C)(C)C)[C@@H](O)[C@H]2O)[nH]1. The van der Waals surface area contributed by atoms with Gasteiger partial charge in [0, 0.05) is 0 Å². The standard InChI is InChI=1S/C25H41N5O7/c1-6-7-8-9-12-35-23(34)30-21(28-14-26)15-10-11-17(29-15)25(5)20(32)18(31)16(37-25)13-36-22(33)19(27)24(2,3)4/h10-11,14,16,18-20,29,31-32H,6-9,12-13,27H2,1-5H3,(H2,26,28,30,34)/t16-,18-,19-,20-,25+/m1/s1. The fraction of sp³-hybridized carbons (Fsp3) is 0.680. The van der Waals surface area contributed by atoms with Gasteiger partial charge in [-0.1, -0.05) is 47.0 Å². The number of aliphatic hydroxyl groups excluding tert-OH is 2. The summed E-state index contributed by atoms with van der Waals surface area (Å²) in [6, 6.07) is 2.32. The second-order valence-electron chi connectivity index (χ2n) is 10.4. The molecule has 1 aliphatic rings.